The molecule has 0 spiro atoms. The molecule has 1 unspecified atom stereocenters. The summed E-state index contributed by atoms with van der Waals surface area (Å²) in [7, 11) is 3.42. The number of para-hydroxylation sites is 1. The van der Waals surface area contributed by atoms with Gasteiger partial charge in [-0.3, -0.25) is 14.5 Å². The van der Waals surface area contributed by atoms with E-state index in [1.54, 1.807) is 31.2 Å². The lowest BCUT2D eigenvalue weighted by Crippen LogP contribution is -2.44. The van der Waals surface area contributed by atoms with Crippen molar-refractivity contribution < 1.29 is 14.3 Å². The fourth-order valence-electron chi connectivity index (χ4n) is 3.65. The number of benzene rings is 1. The predicted octanol–water partition coefficient (Wildman–Crippen LogP) is 3.17. The van der Waals surface area contributed by atoms with E-state index in [0.29, 0.717) is 18.8 Å². The smallest absolute Gasteiger partial charge is 0.272 e. The molecule has 1 aromatic carbocycles. The minimum atomic E-state index is -0.0378. The molecule has 3 aromatic rings. The number of rotatable bonds is 5. The molecule has 0 bridgehead atoms. The maximum Gasteiger partial charge on any atom is 0.272 e. The van der Waals surface area contributed by atoms with Gasteiger partial charge >= 0.3 is 0 Å². The van der Waals surface area contributed by atoms with Gasteiger partial charge in [0, 0.05) is 31.5 Å². The molecule has 0 saturated carbocycles. The van der Waals surface area contributed by atoms with Gasteiger partial charge in [-0.25, -0.2) is 0 Å². The summed E-state index contributed by atoms with van der Waals surface area (Å²) in [6, 6.07) is 13.2. The minimum absolute atomic E-state index is 0.0305. The SMILES string of the molecule is COc1ccccc1-c1cc(C(=O)N2CCCC(Oc3ccncc3)C2)n(C)n1. The number of piperidine rings is 1. The van der Waals surface area contributed by atoms with Crippen LogP contribution in [0.3, 0.4) is 0 Å². The highest BCUT2D eigenvalue weighted by atomic mass is 16.5. The molecule has 1 atom stereocenters. The number of nitrogens with zero attached hydrogens (tertiary/aromatic N) is 4. The lowest BCUT2D eigenvalue weighted by atomic mass is 10.1. The van der Waals surface area contributed by atoms with Crippen LogP contribution in [0, 0.1) is 0 Å². The number of carbonyl (C=O) groups is 1. The third-order valence-electron chi connectivity index (χ3n) is 5.10. The molecule has 1 aliphatic rings. The second-order valence-electron chi connectivity index (χ2n) is 7.05. The first-order valence-electron chi connectivity index (χ1n) is 9.69. The van der Waals surface area contributed by atoms with Crippen molar-refractivity contribution in [2.45, 2.75) is 18.9 Å². The van der Waals surface area contributed by atoms with Gasteiger partial charge < -0.3 is 14.4 Å². The maximum atomic E-state index is 13.2. The van der Waals surface area contributed by atoms with Gasteiger partial charge in [0.25, 0.3) is 5.91 Å². The van der Waals surface area contributed by atoms with Crippen LogP contribution in [0.15, 0.2) is 54.9 Å². The van der Waals surface area contributed by atoms with Crippen molar-refractivity contribution in [3.63, 3.8) is 0 Å². The maximum absolute atomic E-state index is 13.2. The van der Waals surface area contributed by atoms with Crippen LogP contribution in [0.2, 0.25) is 0 Å². The molecule has 2 aromatic heterocycles. The first-order valence-corrected chi connectivity index (χ1v) is 9.69. The highest BCUT2D eigenvalue weighted by molar-refractivity contribution is 5.94. The zero-order valence-corrected chi connectivity index (χ0v) is 16.6. The second kappa shape index (κ2) is 8.34. The molecule has 0 N–H and O–H groups in total. The van der Waals surface area contributed by atoms with Crippen LogP contribution >= 0.6 is 0 Å². The molecular weight excluding hydrogens is 368 g/mol. The third kappa shape index (κ3) is 4.08. The Kier molecular flexibility index (Phi) is 5.46. The summed E-state index contributed by atoms with van der Waals surface area (Å²) in [5.41, 5.74) is 2.13. The second-order valence-corrected chi connectivity index (χ2v) is 7.05. The fraction of sp³-hybridized carbons (Fsp3) is 0.318. The van der Waals surface area contributed by atoms with Gasteiger partial charge in [-0.15, -0.1) is 0 Å². The Morgan fingerprint density at radius 3 is 2.76 bits per heavy atom. The zero-order chi connectivity index (χ0) is 20.2. The van der Waals surface area contributed by atoms with E-state index in [9.17, 15) is 4.79 Å². The normalized spacial score (nSPS) is 16.5. The number of aryl methyl sites for hydroxylation is 1. The van der Waals surface area contributed by atoms with Crippen LogP contribution in [0.5, 0.6) is 11.5 Å². The lowest BCUT2D eigenvalue weighted by molar-refractivity contribution is 0.0528. The average Bonchev–Trinajstić information content (AvgIpc) is 3.15. The molecule has 1 fully saturated rings. The third-order valence-corrected chi connectivity index (χ3v) is 5.10. The summed E-state index contributed by atoms with van der Waals surface area (Å²) in [5.74, 6) is 1.47. The van der Waals surface area contributed by atoms with Crippen molar-refractivity contribution in [2.24, 2.45) is 7.05 Å². The number of ether oxygens (including phenoxy) is 2. The van der Waals surface area contributed by atoms with Crippen molar-refractivity contribution in [2.75, 3.05) is 20.2 Å². The van der Waals surface area contributed by atoms with Gasteiger partial charge in [-0.05, 0) is 43.2 Å². The van der Waals surface area contributed by atoms with Crippen LogP contribution in [-0.2, 0) is 7.05 Å². The van der Waals surface area contributed by atoms with Crippen molar-refractivity contribution in [1.29, 1.82) is 0 Å². The summed E-state index contributed by atoms with van der Waals surface area (Å²) in [5, 5.41) is 4.54. The molecule has 1 amide bonds. The molecule has 1 aliphatic heterocycles. The monoisotopic (exact) mass is 392 g/mol. The fourth-order valence-corrected chi connectivity index (χ4v) is 3.65. The molecule has 29 heavy (non-hydrogen) atoms. The van der Waals surface area contributed by atoms with E-state index < -0.39 is 0 Å². The van der Waals surface area contributed by atoms with Crippen LogP contribution in [-0.4, -0.2) is 51.9 Å². The first kappa shape index (κ1) is 19.0. The Morgan fingerprint density at radius 1 is 1.17 bits per heavy atom. The van der Waals surface area contributed by atoms with Gasteiger partial charge in [0.2, 0.25) is 0 Å². The standard InChI is InChI=1S/C22H24N4O3/c1-25-20(14-19(24-25)18-7-3-4-8-21(18)28-2)22(27)26-13-5-6-17(15-26)29-16-9-11-23-12-10-16/h3-4,7-12,14,17H,5-6,13,15H2,1-2H3. The number of hydrogen-bond acceptors (Lipinski definition) is 5. The molecule has 0 radical (unpaired) electrons. The number of carbonyl (C=O) groups excluding carboxylic acids is 1. The molecule has 7 nitrogen and oxygen atoms in total. The van der Waals surface area contributed by atoms with E-state index in [1.165, 1.54) is 0 Å². The van der Waals surface area contributed by atoms with Gasteiger partial charge in [0.1, 0.15) is 23.3 Å². The highest BCUT2D eigenvalue weighted by Gasteiger charge is 2.28. The Hall–Kier alpha value is -3.35. The highest BCUT2D eigenvalue weighted by Crippen LogP contribution is 2.29. The van der Waals surface area contributed by atoms with E-state index in [0.717, 1.165) is 35.6 Å². The molecule has 150 valence electrons. The summed E-state index contributed by atoms with van der Waals surface area (Å²) in [6.07, 6.45) is 5.20. The van der Waals surface area contributed by atoms with Gasteiger partial charge in [0.15, 0.2) is 0 Å². The topological polar surface area (TPSA) is 69.5 Å². The number of amides is 1. The molecule has 4 rings (SSSR count). The van der Waals surface area contributed by atoms with Crippen LogP contribution in [0.25, 0.3) is 11.3 Å². The van der Waals surface area contributed by atoms with Crippen LogP contribution in [0.4, 0.5) is 0 Å². The van der Waals surface area contributed by atoms with Crippen LogP contribution < -0.4 is 9.47 Å². The molecule has 7 heteroatoms. The first-order chi connectivity index (χ1) is 14.2. The summed E-state index contributed by atoms with van der Waals surface area (Å²) < 4.78 is 13.1. The number of pyridine rings is 1. The van der Waals surface area contributed by atoms with E-state index in [2.05, 4.69) is 10.1 Å². The van der Waals surface area contributed by atoms with Crippen LogP contribution in [0.1, 0.15) is 23.3 Å². The summed E-state index contributed by atoms with van der Waals surface area (Å²) in [6.45, 7) is 1.26. The quantitative estimate of drug-likeness (QED) is 0.667. The van der Waals surface area contributed by atoms with E-state index in [4.69, 9.17) is 9.47 Å². The Labute approximate surface area is 169 Å². The van der Waals surface area contributed by atoms with E-state index in [-0.39, 0.29) is 12.0 Å². The van der Waals surface area contributed by atoms with Crippen molar-refractivity contribution >= 4 is 5.91 Å². The van der Waals surface area contributed by atoms with Crippen molar-refractivity contribution in [1.82, 2.24) is 19.7 Å². The van der Waals surface area contributed by atoms with Gasteiger partial charge in [0.05, 0.1) is 19.3 Å². The summed E-state index contributed by atoms with van der Waals surface area (Å²) >= 11 is 0. The van der Waals surface area contributed by atoms with Crippen molar-refractivity contribution in [3.05, 3.63) is 60.6 Å². The Balaban J connectivity index is 1.51. The van der Waals surface area contributed by atoms with Gasteiger partial charge in [-0.1, -0.05) is 12.1 Å². The lowest BCUT2D eigenvalue weighted by Gasteiger charge is -2.32. The largest absolute Gasteiger partial charge is 0.496 e. The number of methoxy groups -OCH3 is 1. The van der Waals surface area contributed by atoms with E-state index >= 15 is 0 Å². The van der Waals surface area contributed by atoms with Gasteiger partial charge in [-0.2, -0.15) is 5.10 Å². The average molecular weight is 392 g/mol. The predicted molar refractivity (Wildman–Crippen MR) is 109 cm³/mol. The Morgan fingerprint density at radius 2 is 1.97 bits per heavy atom. The number of aromatic nitrogens is 3. The minimum Gasteiger partial charge on any atom is -0.496 e. The zero-order valence-electron chi connectivity index (χ0n) is 16.6. The summed E-state index contributed by atoms with van der Waals surface area (Å²) in [4.78, 5) is 19.0. The number of likely N-dealkylation sites (tertiary alicyclic amines) is 1. The number of hydrogen-bond donors (Lipinski definition) is 0. The van der Waals surface area contributed by atoms with E-state index in [1.807, 2.05) is 47.4 Å². The Bertz CT molecular complexity index is 987. The molecule has 1 saturated heterocycles. The van der Waals surface area contributed by atoms with Crippen molar-refractivity contribution in [3.8, 4) is 22.8 Å². The molecular formula is C22H24N4O3. The molecule has 3 heterocycles. The molecule has 0 aliphatic carbocycles.